The minimum atomic E-state index is -0.890. The van der Waals surface area contributed by atoms with E-state index in [1.807, 2.05) is 50.0 Å². The van der Waals surface area contributed by atoms with Crippen LogP contribution in [-0.2, 0) is 19.1 Å². The molecule has 2 amide bonds. The van der Waals surface area contributed by atoms with E-state index < -0.39 is 33.4 Å². The van der Waals surface area contributed by atoms with E-state index in [-0.39, 0.29) is 43.0 Å². The van der Waals surface area contributed by atoms with E-state index in [1.54, 1.807) is 16.7 Å². The summed E-state index contributed by atoms with van der Waals surface area (Å²) in [6.45, 7) is 10.7. The van der Waals surface area contributed by atoms with Gasteiger partial charge in [0.2, 0.25) is 11.8 Å². The first-order chi connectivity index (χ1) is 16.1. The van der Waals surface area contributed by atoms with E-state index in [9.17, 15) is 19.5 Å². The van der Waals surface area contributed by atoms with Crippen molar-refractivity contribution in [1.82, 2.24) is 9.80 Å². The fraction of sp³-hybridized carbons (Fsp3) is 0.731. The zero-order chi connectivity index (χ0) is 24.8. The number of rotatable bonds is 7. The molecular weight excluding hydrogens is 452 g/mol. The second kappa shape index (κ2) is 9.34. The van der Waals surface area contributed by atoms with Gasteiger partial charge in [-0.15, -0.1) is 11.8 Å². The van der Waals surface area contributed by atoms with Crippen molar-refractivity contribution in [3.05, 3.63) is 24.3 Å². The molecule has 1 N–H and O–H groups in total. The van der Waals surface area contributed by atoms with Crippen LogP contribution in [0.5, 0.6) is 0 Å². The van der Waals surface area contributed by atoms with Crippen LogP contribution in [0.1, 0.15) is 53.9 Å². The molecule has 2 unspecified atom stereocenters. The highest BCUT2D eigenvalue weighted by molar-refractivity contribution is 8.02. The Balaban J connectivity index is 1.87. The molecule has 7 atom stereocenters. The number of thioether (sulfide) groups is 1. The zero-order valence-electron chi connectivity index (χ0n) is 20.9. The number of nitrogens with zero attached hydrogens (tertiary/aromatic N) is 2. The fourth-order valence-electron chi connectivity index (χ4n) is 6.50. The second-order valence-electron chi connectivity index (χ2n) is 10.8. The molecule has 4 rings (SSSR count). The highest BCUT2D eigenvalue weighted by atomic mass is 32.2. The molecule has 0 aromatic carbocycles. The lowest BCUT2D eigenvalue weighted by Crippen LogP contribution is -2.58. The van der Waals surface area contributed by atoms with Gasteiger partial charge in [-0.1, -0.05) is 45.4 Å². The van der Waals surface area contributed by atoms with Crippen LogP contribution < -0.4 is 0 Å². The molecule has 7 nitrogen and oxygen atoms in total. The maximum absolute atomic E-state index is 14.3. The Bertz CT molecular complexity index is 904. The first-order valence-corrected chi connectivity index (χ1v) is 13.4. The number of aliphatic hydroxyl groups excluding tert-OH is 1. The van der Waals surface area contributed by atoms with Crippen molar-refractivity contribution in [2.75, 3.05) is 19.8 Å². The average molecular weight is 491 g/mol. The van der Waals surface area contributed by atoms with E-state index in [2.05, 4.69) is 13.8 Å². The highest BCUT2D eigenvalue weighted by Crippen LogP contribution is 2.65. The number of fused-ring (bicyclic) bond motifs is 2. The predicted octanol–water partition coefficient (Wildman–Crippen LogP) is 2.78. The SMILES string of the molecule is CCCC(C)N1CC=C[C@]23S[C@@]4(C)C=CCOC(=O)[C@H]4[C@H]2C(=O)N([C@@H](CO)CC(C)C)C3C1=O. The van der Waals surface area contributed by atoms with Gasteiger partial charge in [0, 0.05) is 17.3 Å². The number of carbonyl (C=O) groups is 3. The summed E-state index contributed by atoms with van der Waals surface area (Å²) >= 11 is 1.55. The molecule has 4 aliphatic heterocycles. The lowest BCUT2D eigenvalue weighted by molar-refractivity contribution is -0.153. The quantitative estimate of drug-likeness (QED) is 0.436. The van der Waals surface area contributed by atoms with E-state index in [0.29, 0.717) is 13.0 Å². The maximum atomic E-state index is 14.3. The Kier molecular flexibility index (Phi) is 6.95. The first-order valence-electron chi connectivity index (χ1n) is 12.6. The molecule has 1 spiro atoms. The first kappa shape index (κ1) is 25.3. The average Bonchev–Trinajstić information content (AvgIpc) is 3.03. The van der Waals surface area contributed by atoms with Gasteiger partial charge in [-0.3, -0.25) is 14.4 Å². The van der Waals surface area contributed by atoms with Gasteiger partial charge in [0.1, 0.15) is 12.6 Å². The van der Waals surface area contributed by atoms with Crippen molar-refractivity contribution in [2.24, 2.45) is 17.8 Å². The molecule has 0 saturated carbocycles. The number of amides is 2. The maximum Gasteiger partial charge on any atom is 0.311 e. The lowest BCUT2D eigenvalue weighted by atomic mass is 9.75. The van der Waals surface area contributed by atoms with Crippen molar-refractivity contribution in [3.63, 3.8) is 0 Å². The zero-order valence-corrected chi connectivity index (χ0v) is 21.7. The van der Waals surface area contributed by atoms with Crippen LogP contribution in [0.4, 0.5) is 0 Å². The van der Waals surface area contributed by atoms with Crippen molar-refractivity contribution in [3.8, 4) is 0 Å². The molecule has 2 saturated heterocycles. The Morgan fingerprint density at radius 2 is 1.88 bits per heavy atom. The number of cyclic esters (lactones) is 1. The van der Waals surface area contributed by atoms with Gasteiger partial charge in [-0.2, -0.15) is 0 Å². The summed E-state index contributed by atoms with van der Waals surface area (Å²) in [6.07, 6.45) is 10.2. The van der Waals surface area contributed by atoms with Crippen LogP contribution in [0.25, 0.3) is 0 Å². The monoisotopic (exact) mass is 490 g/mol. The molecule has 0 aliphatic carbocycles. The third kappa shape index (κ3) is 3.81. The van der Waals surface area contributed by atoms with Gasteiger partial charge < -0.3 is 19.6 Å². The van der Waals surface area contributed by atoms with Crippen molar-refractivity contribution >= 4 is 29.5 Å². The normalized spacial score (nSPS) is 36.7. The molecule has 4 aliphatic rings. The second-order valence-corrected chi connectivity index (χ2v) is 12.6. The number of aliphatic hydroxyl groups is 1. The summed E-state index contributed by atoms with van der Waals surface area (Å²) in [6, 6.07) is -1.22. The molecule has 0 radical (unpaired) electrons. The summed E-state index contributed by atoms with van der Waals surface area (Å²) in [5.41, 5.74) is 0. The van der Waals surface area contributed by atoms with Gasteiger partial charge in [-0.05, 0) is 38.7 Å². The largest absolute Gasteiger partial charge is 0.461 e. The van der Waals surface area contributed by atoms with Crippen LogP contribution in [0, 0.1) is 17.8 Å². The summed E-state index contributed by atoms with van der Waals surface area (Å²) in [5.74, 6) is -1.87. The third-order valence-electron chi connectivity index (χ3n) is 7.87. The Hall–Kier alpha value is -1.80. The van der Waals surface area contributed by atoms with Gasteiger partial charge in [-0.25, -0.2) is 0 Å². The van der Waals surface area contributed by atoms with Crippen molar-refractivity contribution in [1.29, 1.82) is 0 Å². The molecule has 0 aromatic rings. The number of hydrogen-bond donors (Lipinski definition) is 1. The van der Waals surface area contributed by atoms with E-state index in [1.165, 1.54) is 0 Å². The number of esters is 1. The fourth-order valence-corrected chi connectivity index (χ4v) is 8.64. The number of hydrogen-bond acceptors (Lipinski definition) is 6. The lowest BCUT2D eigenvalue weighted by Gasteiger charge is -2.41. The molecule has 8 heteroatoms. The topological polar surface area (TPSA) is 87.2 Å². The predicted molar refractivity (Wildman–Crippen MR) is 132 cm³/mol. The van der Waals surface area contributed by atoms with Gasteiger partial charge in [0.25, 0.3) is 0 Å². The van der Waals surface area contributed by atoms with Gasteiger partial charge in [0.05, 0.1) is 29.2 Å². The van der Waals surface area contributed by atoms with Crippen LogP contribution in [-0.4, -0.2) is 80.1 Å². The third-order valence-corrected chi connectivity index (χ3v) is 9.66. The number of likely N-dealkylation sites (tertiary alicyclic amines) is 1. The molecule has 188 valence electrons. The summed E-state index contributed by atoms with van der Waals surface area (Å²) in [4.78, 5) is 45.2. The summed E-state index contributed by atoms with van der Waals surface area (Å²) in [5, 5.41) is 10.4. The van der Waals surface area contributed by atoms with Gasteiger partial charge >= 0.3 is 5.97 Å². The van der Waals surface area contributed by atoms with Crippen molar-refractivity contribution < 1.29 is 24.2 Å². The number of carbonyl (C=O) groups excluding carboxylic acids is 3. The van der Waals surface area contributed by atoms with E-state index >= 15 is 0 Å². The molecule has 2 fully saturated rings. The summed E-state index contributed by atoms with van der Waals surface area (Å²) < 4.78 is 3.93. The smallest absolute Gasteiger partial charge is 0.311 e. The summed E-state index contributed by atoms with van der Waals surface area (Å²) in [7, 11) is 0. The Morgan fingerprint density at radius 3 is 2.53 bits per heavy atom. The Morgan fingerprint density at radius 1 is 1.15 bits per heavy atom. The van der Waals surface area contributed by atoms with Crippen molar-refractivity contribution in [2.45, 2.75) is 81.5 Å². The van der Waals surface area contributed by atoms with Gasteiger partial charge in [0.15, 0.2) is 0 Å². The molecular formula is C26H38N2O5S. The molecule has 34 heavy (non-hydrogen) atoms. The van der Waals surface area contributed by atoms with Crippen LogP contribution >= 0.6 is 11.8 Å². The molecule has 0 aromatic heterocycles. The number of ether oxygens (including phenoxy) is 1. The Labute approximate surface area is 206 Å². The standard InChI is InChI=1S/C26H38N2O5S/c1-6-9-17(4)27-12-7-11-26-19(20-24(32)33-13-8-10-25(20,5)34-26)22(30)28(21(26)23(27)31)18(15-29)14-16(2)3/h7-8,10-11,16-21,29H,6,9,12-15H2,1-5H3/t17?,18-,19+,20-,21?,25+,26+/m1/s1. The minimum absolute atomic E-state index is 0.0308. The highest BCUT2D eigenvalue weighted by Gasteiger charge is 2.74. The van der Waals surface area contributed by atoms with E-state index in [4.69, 9.17) is 4.74 Å². The van der Waals surface area contributed by atoms with E-state index in [0.717, 1.165) is 12.8 Å². The molecule has 4 heterocycles. The molecule has 0 bridgehead atoms. The van der Waals surface area contributed by atoms with Crippen LogP contribution in [0.2, 0.25) is 0 Å². The minimum Gasteiger partial charge on any atom is -0.461 e. The van der Waals surface area contributed by atoms with Crippen LogP contribution in [0.15, 0.2) is 24.3 Å². The van der Waals surface area contributed by atoms with Crippen LogP contribution in [0.3, 0.4) is 0 Å².